The molecular formula is C25H25N5O5. The van der Waals surface area contributed by atoms with E-state index in [4.69, 9.17) is 4.74 Å². The summed E-state index contributed by atoms with van der Waals surface area (Å²) in [5, 5.41) is 9.82. The molecule has 35 heavy (non-hydrogen) atoms. The van der Waals surface area contributed by atoms with Gasteiger partial charge in [-0.1, -0.05) is 48.0 Å². The molecule has 1 aliphatic heterocycles. The van der Waals surface area contributed by atoms with Crippen LogP contribution in [0.25, 0.3) is 16.9 Å². The number of hydrogen-bond donors (Lipinski definition) is 2. The fourth-order valence-electron chi connectivity index (χ4n) is 3.56. The molecule has 3 aromatic rings. The predicted octanol–water partition coefficient (Wildman–Crippen LogP) is 2.66. The summed E-state index contributed by atoms with van der Waals surface area (Å²) >= 11 is 0. The van der Waals surface area contributed by atoms with Crippen LogP contribution in [0.15, 0.2) is 60.7 Å². The number of carbonyl (C=O) groups is 4. The number of carbonyl (C=O) groups excluding carboxylic acids is 4. The zero-order valence-electron chi connectivity index (χ0n) is 19.6. The summed E-state index contributed by atoms with van der Waals surface area (Å²) < 4.78 is 6.59. The van der Waals surface area contributed by atoms with Gasteiger partial charge in [-0.25, -0.2) is 9.48 Å². The van der Waals surface area contributed by atoms with E-state index in [0.717, 1.165) is 21.7 Å². The van der Waals surface area contributed by atoms with E-state index >= 15 is 0 Å². The van der Waals surface area contributed by atoms with E-state index in [-0.39, 0.29) is 0 Å². The lowest BCUT2D eigenvalue weighted by molar-refractivity contribution is -0.150. The second kappa shape index (κ2) is 9.41. The second-order valence-electron chi connectivity index (χ2n) is 8.68. The number of aromatic nitrogens is 2. The Morgan fingerprint density at radius 3 is 2.37 bits per heavy atom. The SMILES string of the molecule is Cc1ccc(-c2cc(NC(=O)COC(=O)CN3C(=O)NC(C)(C)C3=O)n(-c3ccccc3)n2)cc1. The lowest BCUT2D eigenvalue weighted by Gasteiger charge is -2.15. The Labute approximate surface area is 201 Å². The first-order valence-electron chi connectivity index (χ1n) is 11.0. The van der Waals surface area contributed by atoms with Crippen LogP contribution in [-0.2, 0) is 19.1 Å². The number of para-hydroxylation sites is 1. The van der Waals surface area contributed by atoms with Gasteiger partial charge < -0.3 is 15.4 Å². The number of rotatable bonds is 7. The summed E-state index contributed by atoms with van der Waals surface area (Å²) in [7, 11) is 0. The number of esters is 1. The van der Waals surface area contributed by atoms with Gasteiger partial charge >= 0.3 is 12.0 Å². The van der Waals surface area contributed by atoms with E-state index in [0.29, 0.717) is 11.5 Å². The van der Waals surface area contributed by atoms with Crippen molar-refractivity contribution in [2.24, 2.45) is 0 Å². The number of amides is 4. The van der Waals surface area contributed by atoms with Crippen molar-refractivity contribution in [1.29, 1.82) is 0 Å². The fourth-order valence-corrected chi connectivity index (χ4v) is 3.56. The van der Waals surface area contributed by atoms with Crippen molar-refractivity contribution >= 4 is 29.6 Å². The highest BCUT2D eigenvalue weighted by molar-refractivity contribution is 6.08. The third-order valence-corrected chi connectivity index (χ3v) is 5.42. The largest absolute Gasteiger partial charge is 0.454 e. The van der Waals surface area contributed by atoms with Gasteiger partial charge in [0.25, 0.3) is 11.8 Å². The Kier molecular flexibility index (Phi) is 6.37. The normalized spacial score (nSPS) is 14.5. The summed E-state index contributed by atoms with van der Waals surface area (Å²) in [6.07, 6.45) is 0. The van der Waals surface area contributed by atoms with Crippen molar-refractivity contribution in [1.82, 2.24) is 20.0 Å². The first-order valence-corrected chi connectivity index (χ1v) is 11.0. The molecule has 0 unspecified atom stereocenters. The third-order valence-electron chi connectivity index (χ3n) is 5.42. The van der Waals surface area contributed by atoms with Gasteiger partial charge in [-0.3, -0.25) is 19.3 Å². The van der Waals surface area contributed by atoms with Crippen LogP contribution in [0.2, 0.25) is 0 Å². The highest BCUT2D eigenvalue weighted by Crippen LogP contribution is 2.25. The monoisotopic (exact) mass is 475 g/mol. The number of benzene rings is 2. The van der Waals surface area contributed by atoms with Crippen molar-refractivity contribution in [3.8, 4) is 16.9 Å². The van der Waals surface area contributed by atoms with Gasteiger partial charge in [0.2, 0.25) is 0 Å². The first-order chi connectivity index (χ1) is 16.6. The van der Waals surface area contributed by atoms with Crippen LogP contribution >= 0.6 is 0 Å². The number of nitrogens with one attached hydrogen (secondary N) is 2. The van der Waals surface area contributed by atoms with Crippen LogP contribution in [-0.4, -0.2) is 57.2 Å². The quantitative estimate of drug-likeness (QED) is 0.400. The number of urea groups is 1. The molecule has 10 heteroatoms. The number of aryl methyl sites for hydroxylation is 1. The molecule has 2 heterocycles. The molecule has 180 valence electrons. The maximum Gasteiger partial charge on any atom is 0.326 e. The van der Waals surface area contributed by atoms with Gasteiger partial charge in [-0.2, -0.15) is 5.10 Å². The van der Waals surface area contributed by atoms with Crippen LogP contribution in [0, 0.1) is 6.92 Å². The maximum atomic E-state index is 12.6. The van der Waals surface area contributed by atoms with Crippen molar-refractivity contribution in [3.63, 3.8) is 0 Å². The molecule has 0 spiro atoms. The molecule has 1 saturated heterocycles. The standard InChI is InChI=1S/C25H25N5O5/c1-16-9-11-17(12-10-16)19-13-20(30(28-19)18-7-5-4-6-8-18)26-21(31)15-35-22(32)14-29-23(33)25(2,3)27-24(29)34/h4-13H,14-15H2,1-3H3,(H,26,31)(H,27,34). The van der Waals surface area contributed by atoms with Crippen molar-refractivity contribution < 1.29 is 23.9 Å². The van der Waals surface area contributed by atoms with Gasteiger partial charge in [0.1, 0.15) is 17.9 Å². The average molecular weight is 476 g/mol. The minimum Gasteiger partial charge on any atom is -0.454 e. The topological polar surface area (TPSA) is 123 Å². The molecule has 1 aliphatic rings. The molecule has 2 aromatic carbocycles. The van der Waals surface area contributed by atoms with Gasteiger partial charge in [0.15, 0.2) is 6.61 Å². The molecule has 0 saturated carbocycles. The molecule has 0 bridgehead atoms. The Hall–Kier alpha value is -4.47. The smallest absolute Gasteiger partial charge is 0.326 e. The Bertz CT molecular complexity index is 1280. The third kappa shape index (κ3) is 5.21. The van der Waals surface area contributed by atoms with E-state index in [9.17, 15) is 19.2 Å². The van der Waals surface area contributed by atoms with Gasteiger partial charge in [0, 0.05) is 11.6 Å². The van der Waals surface area contributed by atoms with Crippen LogP contribution < -0.4 is 10.6 Å². The highest BCUT2D eigenvalue weighted by atomic mass is 16.5. The number of anilines is 1. The Morgan fingerprint density at radius 2 is 1.74 bits per heavy atom. The molecule has 1 aromatic heterocycles. The summed E-state index contributed by atoms with van der Waals surface area (Å²) in [6.45, 7) is 3.89. The summed E-state index contributed by atoms with van der Waals surface area (Å²) in [5.41, 5.74) is 2.29. The van der Waals surface area contributed by atoms with Crippen LogP contribution in [0.5, 0.6) is 0 Å². The van der Waals surface area contributed by atoms with E-state index < -0.39 is 42.5 Å². The molecule has 0 radical (unpaired) electrons. The molecule has 0 aliphatic carbocycles. The first kappa shape index (κ1) is 23.7. The van der Waals surface area contributed by atoms with Crippen LogP contribution in [0.3, 0.4) is 0 Å². The lowest BCUT2D eigenvalue weighted by atomic mass is 10.1. The van der Waals surface area contributed by atoms with Crippen molar-refractivity contribution in [2.45, 2.75) is 26.3 Å². The zero-order valence-corrected chi connectivity index (χ0v) is 19.6. The van der Waals surface area contributed by atoms with E-state index in [2.05, 4.69) is 15.7 Å². The maximum absolute atomic E-state index is 12.6. The van der Waals surface area contributed by atoms with Crippen LogP contribution in [0.4, 0.5) is 10.6 Å². The molecular weight excluding hydrogens is 450 g/mol. The molecule has 10 nitrogen and oxygen atoms in total. The Morgan fingerprint density at radius 1 is 1.06 bits per heavy atom. The van der Waals surface area contributed by atoms with Crippen LogP contribution in [0.1, 0.15) is 19.4 Å². The number of hydrogen-bond acceptors (Lipinski definition) is 6. The number of imide groups is 1. The molecule has 1 fully saturated rings. The summed E-state index contributed by atoms with van der Waals surface area (Å²) in [5.74, 6) is -1.62. The van der Waals surface area contributed by atoms with Gasteiger partial charge in [0.05, 0.1) is 11.4 Å². The van der Waals surface area contributed by atoms with E-state index in [1.54, 1.807) is 10.7 Å². The second-order valence-corrected chi connectivity index (χ2v) is 8.68. The number of nitrogens with zero attached hydrogens (tertiary/aromatic N) is 3. The summed E-state index contributed by atoms with van der Waals surface area (Å²) in [4.78, 5) is 49.6. The predicted molar refractivity (Wildman–Crippen MR) is 128 cm³/mol. The van der Waals surface area contributed by atoms with E-state index in [1.165, 1.54) is 13.8 Å². The molecule has 4 rings (SSSR count). The lowest BCUT2D eigenvalue weighted by Crippen LogP contribution is -2.41. The summed E-state index contributed by atoms with van der Waals surface area (Å²) in [6, 6.07) is 18.2. The fraction of sp³-hybridized carbons (Fsp3) is 0.240. The van der Waals surface area contributed by atoms with Gasteiger partial charge in [-0.15, -0.1) is 0 Å². The number of ether oxygens (including phenoxy) is 1. The highest BCUT2D eigenvalue weighted by Gasteiger charge is 2.45. The molecule has 2 N–H and O–H groups in total. The molecule has 4 amide bonds. The van der Waals surface area contributed by atoms with Crippen molar-refractivity contribution in [3.05, 3.63) is 66.2 Å². The minimum atomic E-state index is -1.10. The van der Waals surface area contributed by atoms with Gasteiger partial charge in [-0.05, 0) is 32.9 Å². The van der Waals surface area contributed by atoms with E-state index in [1.807, 2.05) is 61.5 Å². The zero-order chi connectivity index (χ0) is 25.2. The Balaban J connectivity index is 1.44. The van der Waals surface area contributed by atoms with Crippen molar-refractivity contribution in [2.75, 3.05) is 18.5 Å². The molecule has 0 atom stereocenters. The minimum absolute atomic E-state index is 0.392. The average Bonchev–Trinajstić information content (AvgIpc) is 3.32.